The van der Waals surface area contributed by atoms with Gasteiger partial charge in [-0.3, -0.25) is 9.10 Å². The topological polar surface area (TPSA) is 92.8 Å². The molecule has 0 unspecified atom stereocenters. The van der Waals surface area contributed by atoms with Crippen LogP contribution in [0.25, 0.3) is 0 Å². The number of hydrogen-bond acceptors (Lipinski definition) is 5. The van der Waals surface area contributed by atoms with Crippen molar-refractivity contribution in [3.05, 3.63) is 59.7 Å². The monoisotopic (exact) mass is 458 g/mol. The van der Waals surface area contributed by atoms with Crippen molar-refractivity contribution in [3.63, 3.8) is 0 Å². The maximum absolute atomic E-state index is 12.9. The summed E-state index contributed by atoms with van der Waals surface area (Å²) in [6.45, 7) is 3.90. The summed E-state index contributed by atoms with van der Waals surface area (Å²) in [6.07, 6.45) is 3.81. The predicted molar refractivity (Wildman–Crippen MR) is 123 cm³/mol. The van der Waals surface area contributed by atoms with Crippen molar-refractivity contribution in [2.45, 2.75) is 56.4 Å². The van der Waals surface area contributed by atoms with E-state index in [4.69, 9.17) is 4.74 Å². The third-order valence-corrected chi connectivity index (χ3v) is 7.70. The van der Waals surface area contributed by atoms with Gasteiger partial charge in [0.25, 0.3) is 15.9 Å². The zero-order chi connectivity index (χ0) is 23.4. The van der Waals surface area contributed by atoms with Crippen molar-refractivity contribution < 1.29 is 22.7 Å². The smallest absolute Gasteiger partial charge is 0.331 e. The fraction of sp³-hybridized carbons (Fsp3) is 0.417. The Morgan fingerprint density at radius 2 is 1.59 bits per heavy atom. The van der Waals surface area contributed by atoms with Crippen molar-refractivity contribution in [2.75, 3.05) is 18.0 Å². The van der Waals surface area contributed by atoms with Gasteiger partial charge in [0.1, 0.15) is 5.54 Å². The molecule has 0 heterocycles. The second-order valence-electron chi connectivity index (χ2n) is 8.15. The summed E-state index contributed by atoms with van der Waals surface area (Å²) in [5, 5.41) is 2.90. The number of carbonyl (C=O) groups excluding carboxylic acids is 2. The number of nitrogens with one attached hydrogen (secondary N) is 1. The Hall–Kier alpha value is -2.87. The summed E-state index contributed by atoms with van der Waals surface area (Å²) in [5.74, 6) is -0.774. The van der Waals surface area contributed by atoms with E-state index >= 15 is 0 Å². The fourth-order valence-corrected chi connectivity index (χ4v) is 5.12. The number of sulfonamides is 1. The molecule has 8 heteroatoms. The van der Waals surface area contributed by atoms with Gasteiger partial charge in [0.15, 0.2) is 0 Å². The van der Waals surface area contributed by atoms with Crippen LogP contribution in [-0.4, -0.2) is 39.5 Å². The van der Waals surface area contributed by atoms with Crippen LogP contribution in [0.4, 0.5) is 5.69 Å². The number of nitrogens with zero attached hydrogens (tertiary/aromatic N) is 1. The Morgan fingerprint density at radius 1 is 1.00 bits per heavy atom. The number of ether oxygens (including phenoxy) is 1. The molecular weight excluding hydrogens is 428 g/mol. The lowest BCUT2D eigenvalue weighted by Crippen LogP contribution is -2.56. The molecule has 7 nitrogen and oxygen atoms in total. The van der Waals surface area contributed by atoms with Crippen LogP contribution in [0.3, 0.4) is 0 Å². The summed E-state index contributed by atoms with van der Waals surface area (Å²) >= 11 is 0. The minimum atomic E-state index is -3.72. The lowest BCUT2D eigenvalue weighted by atomic mass is 9.81. The molecule has 0 atom stereocenters. The highest BCUT2D eigenvalue weighted by molar-refractivity contribution is 7.92. The summed E-state index contributed by atoms with van der Waals surface area (Å²) in [6, 6.07) is 12.9. The third-order valence-electron chi connectivity index (χ3n) is 5.90. The van der Waals surface area contributed by atoms with E-state index in [1.54, 1.807) is 55.5 Å². The van der Waals surface area contributed by atoms with Crippen LogP contribution >= 0.6 is 0 Å². The molecule has 0 aliphatic heterocycles. The van der Waals surface area contributed by atoms with E-state index in [1.807, 2.05) is 6.92 Å². The van der Waals surface area contributed by atoms with E-state index in [0.29, 0.717) is 24.1 Å². The second-order valence-corrected chi connectivity index (χ2v) is 10.1. The van der Waals surface area contributed by atoms with Gasteiger partial charge in [-0.2, -0.15) is 0 Å². The molecular formula is C24H30N2O5S. The molecule has 3 rings (SSSR count). The molecule has 1 saturated carbocycles. The normalized spacial score (nSPS) is 15.6. The van der Waals surface area contributed by atoms with Crippen molar-refractivity contribution in [2.24, 2.45) is 0 Å². The quantitative estimate of drug-likeness (QED) is 0.637. The van der Waals surface area contributed by atoms with Crippen molar-refractivity contribution >= 4 is 27.6 Å². The first-order valence-corrected chi connectivity index (χ1v) is 12.3. The molecule has 32 heavy (non-hydrogen) atoms. The highest BCUT2D eigenvalue weighted by Crippen LogP contribution is 2.30. The molecule has 1 aliphatic rings. The van der Waals surface area contributed by atoms with E-state index in [-0.39, 0.29) is 17.4 Å². The average Bonchev–Trinajstić information content (AvgIpc) is 2.79. The molecule has 2 aromatic carbocycles. The number of carbonyl (C=O) groups is 2. The molecule has 0 radical (unpaired) electrons. The third kappa shape index (κ3) is 4.96. The number of hydrogen-bond donors (Lipinski definition) is 1. The van der Waals surface area contributed by atoms with Gasteiger partial charge in [-0.1, -0.05) is 37.0 Å². The van der Waals surface area contributed by atoms with Gasteiger partial charge >= 0.3 is 5.97 Å². The Labute approximate surface area is 189 Å². The van der Waals surface area contributed by atoms with Gasteiger partial charge in [0, 0.05) is 12.6 Å². The predicted octanol–water partition coefficient (Wildman–Crippen LogP) is 3.82. The largest absolute Gasteiger partial charge is 0.464 e. The van der Waals surface area contributed by atoms with Gasteiger partial charge in [-0.15, -0.1) is 0 Å². The van der Waals surface area contributed by atoms with Crippen molar-refractivity contribution in [3.8, 4) is 0 Å². The molecule has 0 saturated heterocycles. The maximum Gasteiger partial charge on any atom is 0.331 e. The number of anilines is 1. The van der Waals surface area contributed by atoms with Crippen LogP contribution in [0.5, 0.6) is 0 Å². The Balaban J connectivity index is 1.77. The van der Waals surface area contributed by atoms with Crippen LogP contribution in [-0.2, 0) is 19.6 Å². The molecule has 1 aliphatic carbocycles. The number of benzene rings is 2. The van der Waals surface area contributed by atoms with Gasteiger partial charge in [0.05, 0.1) is 17.2 Å². The van der Waals surface area contributed by atoms with E-state index in [0.717, 1.165) is 24.8 Å². The summed E-state index contributed by atoms with van der Waals surface area (Å²) < 4.78 is 32.2. The van der Waals surface area contributed by atoms with E-state index < -0.39 is 21.5 Å². The zero-order valence-electron chi connectivity index (χ0n) is 18.8. The lowest BCUT2D eigenvalue weighted by Gasteiger charge is -2.35. The second kappa shape index (κ2) is 9.73. The van der Waals surface area contributed by atoms with E-state index in [1.165, 1.54) is 11.4 Å². The molecule has 1 fully saturated rings. The van der Waals surface area contributed by atoms with Crippen LogP contribution in [0.2, 0.25) is 0 Å². The molecule has 1 N–H and O–H groups in total. The molecule has 0 bridgehead atoms. The van der Waals surface area contributed by atoms with Gasteiger partial charge in [-0.25, -0.2) is 13.2 Å². The summed E-state index contributed by atoms with van der Waals surface area (Å²) in [7, 11) is -2.25. The van der Waals surface area contributed by atoms with Crippen molar-refractivity contribution in [1.82, 2.24) is 5.32 Å². The van der Waals surface area contributed by atoms with Crippen molar-refractivity contribution in [1.29, 1.82) is 0 Å². The lowest BCUT2D eigenvalue weighted by molar-refractivity contribution is -0.152. The number of rotatable bonds is 7. The van der Waals surface area contributed by atoms with Gasteiger partial charge in [-0.05, 0) is 63.1 Å². The maximum atomic E-state index is 12.9. The van der Waals surface area contributed by atoms with E-state index in [9.17, 15) is 18.0 Å². The molecule has 2 aromatic rings. The van der Waals surface area contributed by atoms with Crippen LogP contribution in [0.15, 0.2) is 53.4 Å². The highest BCUT2D eigenvalue weighted by Gasteiger charge is 2.42. The van der Waals surface area contributed by atoms with Crippen LogP contribution in [0.1, 0.15) is 54.9 Å². The zero-order valence-corrected chi connectivity index (χ0v) is 19.6. The summed E-state index contributed by atoms with van der Waals surface area (Å²) in [5.41, 5.74) is 0.750. The first-order valence-electron chi connectivity index (χ1n) is 10.8. The molecule has 0 aromatic heterocycles. The molecule has 172 valence electrons. The Kier molecular flexibility index (Phi) is 7.23. The Bertz CT molecular complexity index is 1060. The number of amides is 1. The summed E-state index contributed by atoms with van der Waals surface area (Å²) in [4.78, 5) is 25.7. The average molecular weight is 459 g/mol. The fourth-order valence-electron chi connectivity index (χ4n) is 3.92. The number of aryl methyl sites for hydroxylation is 1. The Morgan fingerprint density at radius 3 is 2.16 bits per heavy atom. The first kappa shape index (κ1) is 23.8. The minimum Gasteiger partial charge on any atom is -0.464 e. The standard InChI is InChI=1S/C24H30N2O5S/c1-4-31-23(28)24(16-6-5-7-17-24)25-22(27)19-10-12-20(13-11-19)26(3)32(29,30)21-14-8-18(2)9-15-21/h8-15H,4-7,16-17H2,1-3H3,(H,25,27). The SMILES string of the molecule is CCOC(=O)C1(NC(=O)c2ccc(N(C)S(=O)(=O)c3ccc(C)cc3)cc2)CCCCC1. The highest BCUT2D eigenvalue weighted by atomic mass is 32.2. The number of esters is 1. The van der Waals surface area contributed by atoms with Crippen LogP contribution in [0, 0.1) is 6.92 Å². The van der Waals surface area contributed by atoms with Gasteiger partial charge < -0.3 is 10.1 Å². The first-order chi connectivity index (χ1) is 15.2. The van der Waals surface area contributed by atoms with Gasteiger partial charge in [0.2, 0.25) is 0 Å². The minimum absolute atomic E-state index is 0.195. The van der Waals surface area contributed by atoms with Crippen LogP contribution < -0.4 is 9.62 Å². The molecule has 0 spiro atoms. The van der Waals surface area contributed by atoms with E-state index in [2.05, 4.69) is 5.32 Å². The molecule has 1 amide bonds.